The highest BCUT2D eigenvalue weighted by Crippen LogP contribution is 2.33. The van der Waals surface area contributed by atoms with E-state index in [1.165, 1.54) is 0 Å². The minimum atomic E-state index is -1.21. The van der Waals surface area contributed by atoms with E-state index in [0.717, 1.165) is 85.5 Å². The number of benzene rings is 1. The molecule has 1 aromatic carbocycles. The molecule has 45 heavy (non-hydrogen) atoms. The van der Waals surface area contributed by atoms with Crippen molar-refractivity contribution < 1.29 is 19.0 Å². The molecule has 2 aliphatic rings. The van der Waals surface area contributed by atoms with E-state index in [4.69, 9.17) is 24.2 Å². The summed E-state index contributed by atoms with van der Waals surface area (Å²) in [5.74, 6) is 0.946. The minimum absolute atomic E-state index is 0.0359. The zero-order valence-corrected chi connectivity index (χ0v) is 29.1. The van der Waals surface area contributed by atoms with Crippen molar-refractivity contribution in [2.45, 2.75) is 77.7 Å². The number of aromatic nitrogens is 3. The van der Waals surface area contributed by atoms with Gasteiger partial charge in [0.1, 0.15) is 30.1 Å². The van der Waals surface area contributed by atoms with Crippen molar-refractivity contribution in [2.75, 3.05) is 63.0 Å². The molecule has 2 saturated heterocycles. The summed E-state index contributed by atoms with van der Waals surface area (Å²) in [5.41, 5.74) is 3.60. The molecule has 12 heteroatoms. The van der Waals surface area contributed by atoms with Crippen LogP contribution in [0.15, 0.2) is 36.7 Å². The number of rotatable bonds is 10. The van der Waals surface area contributed by atoms with E-state index in [0.29, 0.717) is 19.9 Å². The first-order valence-corrected chi connectivity index (χ1v) is 19.9. The van der Waals surface area contributed by atoms with Gasteiger partial charge in [0.2, 0.25) is 0 Å². The molecule has 0 saturated carbocycles. The van der Waals surface area contributed by atoms with Gasteiger partial charge in [-0.2, -0.15) is 0 Å². The third kappa shape index (κ3) is 8.75. The Morgan fingerprint density at radius 2 is 1.84 bits per heavy atom. The fourth-order valence-electron chi connectivity index (χ4n) is 5.81. The monoisotopic (exact) mass is 637 g/mol. The molecule has 0 aliphatic carbocycles. The Hall–Kier alpha value is -3.19. The third-order valence-corrected chi connectivity index (χ3v) is 9.98. The van der Waals surface area contributed by atoms with Gasteiger partial charge in [0.15, 0.2) is 0 Å². The average Bonchev–Trinajstić information content (AvgIpc) is 3.37. The highest BCUT2D eigenvalue weighted by atomic mass is 28.3. The molecule has 0 bridgehead atoms. The Balaban J connectivity index is 1.35. The van der Waals surface area contributed by atoms with Crippen LogP contribution in [0, 0.1) is 0 Å². The van der Waals surface area contributed by atoms with Crippen LogP contribution < -0.4 is 15.2 Å². The first-order chi connectivity index (χ1) is 21.4. The summed E-state index contributed by atoms with van der Waals surface area (Å²) in [4.78, 5) is 24.1. The lowest BCUT2D eigenvalue weighted by Gasteiger charge is -2.40. The molecular weight excluding hydrogens is 586 g/mol. The number of fused-ring (bicyclic) bond motifs is 1. The van der Waals surface area contributed by atoms with Gasteiger partial charge in [-0.15, -0.1) is 0 Å². The number of hydrogen-bond acceptors (Lipinski definition) is 9. The van der Waals surface area contributed by atoms with Gasteiger partial charge in [-0.25, -0.2) is 19.8 Å². The summed E-state index contributed by atoms with van der Waals surface area (Å²) in [6.45, 7) is 18.6. The number of piperidine rings is 1. The topological polar surface area (TPSA) is 97.2 Å². The molecule has 11 nitrogen and oxygen atoms in total. The van der Waals surface area contributed by atoms with Crippen LogP contribution in [0.25, 0.3) is 22.3 Å². The van der Waals surface area contributed by atoms with Crippen molar-refractivity contribution in [3.05, 3.63) is 36.7 Å². The summed E-state index contributed by atoms with van der Waals surface area (Å²) in [7, 11) is 0.872. The van der Waals surface area contributed by atoms with Gasteiger partial charge in [-0.05, 0) is 63.4 Å². The van der Waals surface area contributed by atoms with E-state index in [2.05, 4.69) is 81.8 Å². The van der Waals surface area contributed by atoms with Crippen molar-refractivity contribution in [1.82, 2.24) is 24.9 Å². The van der Waals surface area contributed by atoms with Crippen molar-refractivity contribution >= 4 is 36.7 Å². The van der Waals surface area contributed by atoms with Crippen LogP contribution in [0.3, 0.4) is 0 Å². The number of anilines is 2. The van der Waals surface area contributed by atoms with Gasteiger partial charge in [0, 0.05) is 53.9 Å². The highest BCUT2D eigenvalue weighted by Gasteiger charge is 2.27. The molecule has 2 aromatic heterocycles. The Bertz CT molecular complexity index is 1430. The number of carbonyl (C=O) groups excluding carboxylic acids is 1. The number of morpholine rings is 1. The van der Waals surface area contributed by atoms with Gasteiger partial charge in [0.25, 0.3) is 0 Å². The second-order valence-electron chi connectivity index (χ2n) is 14.3. The second kappa shape index (κ2) is 14.1. The Kier molecular flexibility index (Phi) is 10.4. The van der Waals surface area contributed by atoms with Crippen molar-refractivity contribution in [3.8, 4) is 11.3 Å². The van der Waals surface area contributed by atoms with E-state index in [-0.39, 0.29) is 12.1 Å². The standard InChI is InChI=1S/C33H51N7O4Si/c1-33(2,3)44-32(41)36-26-9-8-14-39(22-26)37(4)27-12-10-25(11-13-27)29-21-28-30(38-15-17-42-18-16-38)34-23-35-31(28)40(29)24-43-19-20-45(5,6)7/h10-13,21,23,26H,8-9,14-20,22,24H2,1-7H3,(H,36,41)/t26-/m1/s1. The summed E-state index contributed by atoms with van der Waals surface area (Å²) >= 11 is 0. The number of hydrogen-bond donors (Lipinski definition) is 1. The number of ether oxygens (including phenoxy) is 3. The van der Waals surface area contributed by atoms with Crippen LogP contribution in [-0.4, -0.2) is 98.4 Å². The van der Waals surface area contributed by atoms with Crippen molar-refractivity contribution in [1.29, 1.82) is 0 Å². The third-order valence-electron chi connectivity index (χ3n) is 8.28. The molecule has 0 unspecified atom stereocenters. The number of amides is 1. The van der Waals surface area contributed by atoms with Crippen LogP contribution in [0.5, 0.6) is 0 Å². The maximum absolute atomic E-state index is 12.4. The molecule has 1 amide bonds. The minimum Gasteiger partial charge on any atom is -0.444 e. The highest BCUT2D eigenvalue weighted by molar-refractivity contribution is 6.76. The lowest BCUT2D eigenvalue weighted by atomic mass is 10.1. The summed E-state index contributed by atoms with van der Waals surface area (Å²) in [6, 6.07) is 12.0. The molecule has 2 fully saturated rings. The molecule has 5 rings (SSSR count). The summed E-state index contributed by atoms with van der Waals surface area (Å²) in [6.07, 6.45) is 3.23. The first-order valence-electron chi connectivity index (χ1n) is 16.2. The second-order valence-corrected chi connectivity index (χ2v) is 19.9. The van der Waals surface area contributed by atoms with Crippen LogP contribution in [0.4, 0.5) is 16.3 Å². The zero-order valence-electron chi connectivity index (χ0n) is 28.1. The average molecular weight is 638 g/mol. The largest absolute Gasteiger partial charge is 0.444 e. The van der Waals surface area contributed by atoms with E-state index < -0.39 is 13.7 Å². The van der Waals surface area contributed by atoms with Gasteiger partial charge in [0.05, 0.1) is 30.0 Å². The number of carbonyl (C=O) groups is 1. The maximum atomic E-state index is 12.4. The summed E-state index contributed by atoms with van der Waals surface area (Å²) in [5, 5.41) is 8.55. The maximum Gasteiger partial charge on any atom is 0.407 e. The molecule has 4 heterocycles. The molecule has 1 N–H and O–H groups in total. The van der Waals surface area contributed by atoms with Gasteiger partial charge < -0.3 is 34.0 Å². The van der Waals surface area contributed by atoms with Gasteiger partial charge >= 0.3 is 6.09 Å². The Labute approximate surface area is 268 Å². The number of hydrazine groups is 1. The molecule has 1 atom stereocenters. The zero-order chi connectivity index (χ0) is 32.2. The van der Waals surface area contributed by atoms with Crippen molar-refractivity contribution in [2.24, 2.45) is 0 Å². The van der Waals surface area contributed by atoms with Crippen LogP contribution in [0.1, 0.15) is 33.6 Å². The molecule has 2 aliphatic heterocycles. The van der Waals surface area contributed by atoms with Crippen LogP contribution in [-0.2, 0) is 20.9 Å². The molecule has 0 spiro atoms. The Morgan fingerprint density at radius 3 is 2.53 bits per heavy atom. The van der Waals surface area contributed by atoms with Crippen LogP contribution in [0.2, 0.25) is 25.7 Å². The predicted octanol–water partition coefficient (Wildman–Crippen LogP) is 5.59. The molecule has 246 valence electrons. The molecule has 0 radical (unpaired) electrons. The normalized spacial score (nSPS) is 18.3. The van der Waals surface area contributed by atoms with Crippen molar-refractivity contribution in [3.63, 3.8) is 0 Å². The SMILES string of the molecule is CN(c1ccc(-c2cc3c(N4CCOCC4)ncnc3n2COCC[Si](C)(C)C)cc1)N1CCC[C@@H](NC(=O)OC(C)(C)C)C1. The molecule has 3 aromatic rings. The predicted molar refractivity (Wildman–Crippen MR) is 182 cm³/mol. The van der Waals surface area contributed by atoms with E-state index in [9.17, 15) is 4.79 Å². The molecular formula is C33H51N7O4Si. The van der Waals surface area contributed by atoms with E-state index in [1.807, 2.05) is 20.8 Å². The number of alkyl carbamates (subject to hydrolysis) is 1. The van der Waals surface area contributed by atoms with E-state index in [1.54, 1.807) is 6.33 Å². The number of nitrogens with zero attached hydrogens (tertiary/aromatic N) is 6. The Morgan fingerprint density at radius 1 is 1.11 bits per heavy atom. The smallest absolute Gasteiger partial charge is 0.407 e. The lowest BCUT2D eigenvalue weighted by Crippen LogP contribution is -2.53. The number of nitrogens with one attached hydrogen (secondary N) is 1. The van der Waals surface area contributed by atoms with E-state index >= 15 is 0 Å². The fourth-order valence-corrected chi connectivity index (χ4v) is 6.57. The van der Waals surface area contributed by atoms with Gasteiger partial charge in [-0.3, -0.25) is 0 Å². The lowest BCUT2D eigenvalue weighted by molar-refractivity contribution is 0.0470. The summed E-state index contributed by atoms with van der Waals surface area (Å²) < 4.78 is 19.5. The first kappa shape index (κ1) is 33.2. The fraction of sp³-hybridized carbons (Fsp3) is 0.606. The van der Waals surface area contributed by atoms with Crippen LogP contribution >= 0.6 is 0 Å². The quantitative estimate of drug-likeness (QED) is 0.226. The van der Waals surface area contributed by atoms with Gasteiger partial charge in [-0.1, -0.05) is 31.8 Å².